The number of hydrogen-bond acceptors (Lipinski definition) is 1. The van der Waals surface area contributed by atoms with Crippen LogP contribution in [-0.2, 0) is 0 Å². The minimum Gasteiger partial charge on any atom is -0.327 e. The molecule has 2 aliphatic carbocycles. The molecule has 1 unspecified atom stereocenters. The molecular weight excluding hydrogens is 134 g/mol. The van der Waals surface area contributed by atoms with E-state index in [1.54, 1.807) is 0 Å². The molecule has 1 heteroatoms. The molecule has 0 aliphatic heterocycles. The summed E-state index contributed by atoms with van der Waals surface area (Å²) in [4.78, 5) is 0. The Kier molecular flexibility index (Phi) is 1.26. The van der Waals surface area contributed by atoms with Gasteiger partial charge >= 0.3 is 0 Å². The van der Waals surface area contributed by atoms with E-state index in [0.717, 1.165) is 5.92 Å². The van der Waals surface area contributed by atoms with Crippen molar-refractivity contribution in [2.45, 2.75) is 46.1 Å². The van der Waals surface area contributed by atoms with Gasteiger partial charge in [-0.15, -0.1) is 0 Å². The number of hydrogen-bond donors (Lipinski definition) is 1. The first-order valence-electron chi connectivity index (χ1n) is 4.72. The van der Waals surface area contributed by atoms with Crippen molar-refractivity contribution in [3.63, 3.8) is 0 Å². The van der Waals surface area contributed by atoms with Crippen molar-refractivity contribution >= 4 is 0 Å². The first-order chi connectivity index (χ1) is 4.97. The summed E-state index contributed by atoms with van der Waals surface area (Å²) in [5.74, 6) is 0.905. The molecule has 0 heterocycles. The molecule has 2 aliphatic rings. The smallest absolute Gasteiger partial charge is 0.0147 e. The fourth-order valence-electron chi connectivity index (χ4n) is 3.34. The molecule has 0 aromatic carbocycles. The fraction of sp³-hybridized carbons (Fsp3) is 1.00. The van der Waals surface area contributed by atoms with Crippen molar-refractivity contribution < 1.29 is 0 Å². The van der Waals surface area contributed by atoms with E-state index < -0.39 is 0 Å². The molecule has 2 N–H and O–H groups in total. The van der Waals surface area contributed by atoms with Crippen molar-refractivity contribution in [2.24, 2.45) is 22.5 Å². The minimum absolute atomic E-state index is 0.410. The summed E-state index contributed by atoms with van der Waals surface area (Å²) in [5, 5.41) is 0. The first kappa shape index (κ1) is 7.60. The van der Waals surface area contributed by atoms with E-state index in [1.807, 2.05) is 0 Å². The Hall–Kier alpha value is -0.0400. The molecule has 2 fully saturated rings. The summed E-state index contributed by atoms with van der Waals surface area (Å²) in [7, 11) is 0. The van der Waals surface area contributed by atoms with Gasteiger partial charge in [-0.25, -0.2) is 0 Å². The quantitative estimate of drug-likeness (QED) is 0.567. The third-order valence-electron chi connectivity index (χ3n) is 4.38. The second-order valence-electron chi connectivity index (χ2n) is 5.39. The van der Waals surface area contributed by atoms with Crippen LogP contribution in [0.5, 0.6) is 0 Å². The summed E-state index contributed by atoms with van der Waals surface area (Å²) in [6.45, 7) is 7.05. The first-order valence-corrected chi connectivity index (χ1v) is 4.72. The van der Waals surface area contributed by atoms with Crippen molar-refractivity contribution in [1.29, 1.82) is 0 Å². The van der Waals surface area contributed by atoms with Crippen LogP contribution in [0.3, 0.4) is 0 Å². The Balaban J connectivity index is 2.34. The lowest BCUT2D eigenvalue weighted by Gasteiger charge is -2.40. The molecule has 1 nitrogen and oxygen atoms in total. The zero-order valence-corrected chi connectivity index (χ0v) is 7.85. The van der Waals surface area contributed by atoms with Crippen LogP contribution < -0.4 is 5.73 Å². The van der Waals surface area contributed by atoms with E-state index in [9.17, 15) is 0 Å². The van der Waals surface area contributed by atoms with Gasteiger partial charge in [-0.3, -0.25) is 0 Å². The van der Waals surface area contributed by atoms with Gasteiger partial charge in [-0.05, 0) is 36.0 Å². The lowest BCUT2D eigenvalue weighted by molar-refractivity contribution is 0.141. The highest BCUT2D eigenvalue weighted by Crippen LogP contribution is 2.61. The molecule has 0 spiro atoms. The van der Waals surface area contributed by atoms with Crippen LogP contribution in [0.4, 0.5) is 0 Å². The number of fused-ring (bicyclic) bond motifs is 2. The summed E-state index contributed by atoms with van der Waals surface area (Å²) in [6.07, 6.45) is 4.15. The molecule has 11 heavy (non-hydrogen) atoms. The molecule has 0 saturated heterocycles. The Morgan fingerprint density at radius 1 is 1.27 bits per heavy atom. The molecule has 2 saturated carbocycles. The van der Waals surface area contributed by atoms with Gasteiger partial charge in [0.15, 0.2) is 0 Å². The average Bonchev–Trinajstić information content (AvgIpc) is 2.36. The van der Waals surface area contributed by atoms with Crippen molar-refractivity contribution in [2.75, 3.05) is 0 Å². The van der Waals surface area contributed by atoms with Gasteiger partial charge in [0.2, 0.25) is 0 Å². The van der Waals surface area contributed by atoms with E-state index in [1.165, 1.54) is 19.3 Å². The molecule has 2 bridgehead atoms. The van der Waals surface area contributed by atoms with E-state index in [4.69, 9.17) is 5.73 Å². The van der Waals surface area contributed by atoms with Crippen LogP contribution in [0.1, 0.15) is 40.0 Å². The van der Waals surface area contributed by atoms with Crippen LogP contribution in [-0.4, -0.2) is 6.04 Å². The fourth-order valence-corrected chi connectivity index (χ4v) is 3.34. The lowest BCUT2D eigenvalue weighted by atomic mass is 9.69. The molecule has 64 valence electrons. The monoisotopic (exact) mass is 153 g/mol. The van der Waals surface area contributed by atoms with Gasteiger partial charge < -0.3 is 5.73 Å². The van der Waals surface area contributed by atoms with Crippen LogP contribution in [0.25, 0.3) is 0 Å². The van der Waals surface area contributed by atoms with Gasteiger partial charge in [-0.2, -0.15) is 0 Å². The normalized spacial score (nSPS) is 53.5. The van der Waals surface area contributed by atoms with Crippen LogP contribution >= 0.6 is 0 Å². The van der Waals surface area contributed by atoms with Crippen molar-refractivity contribution in [3.8, 4) is 0 Å². The second-order valence-corrected chi connectivity index (χ2v) is 5.39. The van der Waals surface area contributed by atoms with E-state index >= 15 is 0 Å². The summed E-state index contributed by atoms with van der Waals surface area (Å²) in [6, 6.07) is 0.439. The zero-order valence-electron chi connectivity index (χ0n) is 7.85. The van der Waals surface area contributed by atoms with Gasteiger partial charge in [0, 0.05) is 6.04 Å². The molecule has 2 rings (SSSR count). The van der Waals surface area contributed by atoms with Crippen molar-refractivity contribution in [3.05, 3.63) is 0 Å². The largest absolute Gasteiger partial charge is 0.327 e. The van der Waals surface area contributed by atoms with Gasteiger partial charge in [0.1, 0.15) is 0 Å². The standard InChI is InChI=1S/C10H19N/c1-9(2)7-4-5-10(3,6-7)8(9)11/h7-8H,4-6,11H2,1-3H3/t7-,8?,10-/m0/s1. The zero-order chi connectivity index (χ0) is 8.28. The summed E-state index contributed by atoms with van der Waals surface area (Å²) in [5.41, 5.74) is 7.12. The van der Waals surface area contributed by atoms with E-state index in [-0.39, 0.29) is 0 Å². The Morgan fingerprint density at radius 3 is 2.18 bits per heavy atom. The second kappa shape index (κ2) is 1.82. The highest BCUT2D eigenvalue weighted by Gasteiger charge is 2.57. The maximum atomic E-state index is 6.23. The molecule has 0 aromatic heterocycles. The van der Waals surface area contributed by atoms with Crippen LogP contribution in [0, 0.1) is 16.7 Å². The van der Waals surface area contributed by atoms with Gasteiger partial charge in [0.25, 0.3) is 0 Å². The topological polar surface area (TPSA) is 26.0 Å². The Morgan fingerprint density at radius 2 is 1.91 bits per heavy atom. The molecule has 3 atom stereocenters. The number of nitrogens with two attached hydrogens (primary N) is 1. The average molecular weight is 153 g/mol. The highest BCUT2D eigenvalue weighted by molar-refractivity contribution is 5.10. The Bertz CT molecular complexity index is 181. The predicted molar refractivity (Wildman–Crippen MR) is 47.2 cm³/mol. The SMILES string of the molecule is CC1(C)C(N)[C@@]2(C)CC[C@H]1C2. The van der Waals surface area contributed by atoms with Crippen LogP contribution in [0.15, 0.2) is 0 Å². The highest BCUT2D eigenvalue weighted by atomic mass is 14.8. The van der Waals surface area contributed by atoms with Gasteiger partial charge in [0.05, 0.1) is 0 Å². The maximum Gasteiger partial charge on any atom is 0.0147 e. The van der Waals surface area contributed by atoms with Crippen LogP contribution in [0.2, 0.25) is 0 Å². The summed E-state index contributed by atoms with van der Waals surface area (Å²) < 4.78 is 0. The minimum atomic E-state index is 0.410. The third kappa shape index (κ3) is 0.752. The maximum absolute atomic E-state index is 6.23. The number of rotatable bonds is 0. The molecule has 0 aromatic rings. The third-order valence-corrected chi connectivity index (χ3v) is 4.38. The molecular formula is C10H19N. The summed E-state index contributed by atoms with van der Waals surface area (Å²) >= 11 is 0. The van der Waals surface area contributed by atoms with Gasteiger partial charge in [-0.1, -0.05) is 20.8 Å². The Labute approximate surface area is 69.4 Å². The van der Waals surface area contributed by atoms with E-state index in [0.29, 0.717) is 16.9 Å². The van der Waals surface area contributed by atoms with E-state index in [2.05, 4.69) is 20.8 Å². The van der Waals surface area contributed by atoms with Crippen molar-refractivity contribution in [1.82, 2.24) is 0 Å². The molecule has 0 amide bonds. The lowest BCUT2D eigenvalue weighted by Crippen LogP contribution is -2.46. The molecule has 0 radical (unpaired) electrons. The predicted octanol–water partition coefficient (Wildman–Crippen LogP) is 2.16.